The number of nitrogens with one attached hydrogen (secondary N) is 1. The van der Waals surface area contributed by atoms with Crippen molar-refractivity contribution in [3.8, 4) is 0 Å². The number of ketones is 1. The van der Waals surface area contributed by atoms with Gasteiger partial charge in [-0.1, -0.05) is 36.8 Å². The van der Waals surface area contributed by atoms with E-state index in [0.29, 0.717) is 12.8 Å². The Hall–Kier alpha value is -1.68. The van der Waals surface area contributed by atoms with Crippen LogP contribution in [0.1, 0.15) is 32.8 Å². The Morgan fingerprint density at radius 3 is 2.65 bits per heavy atom. The Labute approximate surface area is 140 Å². The second-order valence-corrected chi connectivity index (χ2v) is 7.94. The van der Waals surface area contributed by atoms with Crippen molar-refractivity contribution in [1.29, 1.82) is 0 Å². The molecule has 0 radical (unpaired) electrons. The fraction of sp³-hybridized carbons (Fsp3) is 0.421. The van der Waals surface area contributed by atoms with Crippen molar-refractivity contribution in [2.75, 3.05) is 6.26 Å². The van der Waals surface area contributed by atoms with E-state index >= 15 is 0 Å². The van der Waals surface area contributed by atoms with Gasteiger partial charge >= 0.3 is 0 Å². The summed E-state index contributed by atoms with van der Waals surface area (Å²) < 4.78 is 12.0. The predicted octanol–water partition coefficient (Wildman–Crippen LogP) is 4.02. The van der Waals surface area contributed by atoms with Gasteiger partial charge in [0.25, 0.3) is 0 Å². The average Bonchev–Trinajstić information content (AvgIpc) is 2.90. The molecule has 3 atom stereocenters. The second kappa shape index (κ2) is 7.73. The first-order valence-electron chi connectivity index (χ1n) is 7.94. The van der Waals surface area contributed by atoms with Crippen LogP contribution in [-0.4, -0.2) is 26.5 Å². The van der Waals surface area contributed by atoms with Gasteiger partial charge in [-0.25, -0.2) is 0 Å². The van der Waals surface area contributed by atoms with Gasteiger partial charge in [0.2, 0.25) is 0 Å². The van der Waals surface area contributed by atoms with Crippen molar-refractivity contribution >= 4 is 27.5 Å². The van der Waals surface area contributed by atoms with Crippen molar-refractivity contribution in [3.05, 3.63) is 47.7 Å². The normalized spacial score (nSPS) is 15.1. The molecule has 0 aliphatic rings. The molecule has 124 valence electrons. The quantitative estimate of drug-likeness (QED) is 0.779. The number of hydrogen-bond donors (Lipinski definition) is 1. The highest BCUT2D eigenvalue weighted by Gasteiger charge is 2.26. The van der Waals surface area contributed by atoms with Crippen LogP contribution in [0, 0.1) is 5.92 Å². The molecule has 1 aromatic heterocycles. The number of carbonyl (C=O) groups is 1. The number of hydrogen-bond acceptors (Lipinski definition) is 2. The summed E-state index contributed by atoms with van der Waals surface area (Å²) in [5, 5.41) is 0.746. The van der Waals surface area contributed by atoms with E-state index in [1.807, 2.05) is 51.2 Å². The molecule has 2 rings (SSSR count). The molecule has 1 heterocycles. The van der Waals surface area contributed by atoms with Crippen LogP contribution >= 0.6 is 0 Å². The summed E-state index contributed by atoms with van der Waals surface area (Å²) in [6.45, 7) is 5.93. The first-order valence-corrected chi connectivity index (χ1v) is 9.56. The van der Waals surface area contributed by atoms with E-state index in [-0.39, 0.29) is 11.7 Å². The zero-order chi connectivity index (χ0) is 17.0. The summed E-state index contributed by atoms with van der Waals surface area (Å²) in [6.07, 6.45) is 6.83. The Kier molecular flexibility index (Phi) is 5.94. The molecule has 0 fully saturated rings. The van der Waals surface area contributed by atoms with Crippen LogP contribution in [0.5, 0.6) is 0 Å². The van der Waals surface area contributed by atoms with Gasteiger partial charge in [-0.15, -0.1) is 0 Å². The Bertz CT molecular complexity index is 741. The third-order valence-electron chi connectivity index (χ3n) is 4.14. The molecular formula is C19H25NO2S. The lowest BCUT2D eigenvalue weighted by Gasteiger charge is -2.17. The third kappa shape index (κ3) is 4.41. The van der Waals surface area contributed by atoms with Crippen LogP contribution in [0.4, 0.5) is 0 Å². The van der Waals surface area contributed by atoms with Crippen LogP contribution in [-0.2, 0) is 22.0 Å². The van der Waals surface area contributed by atoms with Gasteiger partial charge < -0.3 is 4.98 Å². The van der Waals surface area contributed by atoms with Crippen LogP contribution in [0.15, 0.2) is 42.1 Å². The molecule has 0 aliphatic carbocycles. The van der Waals surface area contributed by atoms with E-state index in [9.17, 15) is 9.00 Å². The van der Waals surface area contributed by atoms with Crippen molar-refractivity contribution < 1.29 is 9.00 Å². The number of para-hydroxylation sites is 1. The van der Waals surface area contributed by atoms with Crippen LogP contribution in [0.3, 0.4) is 0 Å². The molecule has 23 heavy (non-hydrogen) atoms. The molecule has 3 unspecified atom stereocenters. The first kappa shape index (κ1) is 17.7. The lowest BCUT2D eigenvalue weighted by molar-refractivity contribution is -0.121. The van der Waals surface area contributed by atoms with E-state index in [2.05, 4.69) is 11.1 Å². The maximum absolute atomic E-state index is 12.7. The molecule has 0 bridgehead atoms. The third-order valence-corrected chi connectivity index (χ3v) is 5.37. The molecule has 4 heteroatoms. The van der Waals surface area contributed by atoms with E-state index in [4.69, 9.17) is 0 Å². The van der Waals surface area contributed by atoms with Gasteiger partial charge in [0.05, 0.1) is 5.25 Å². The van der Waals surface area contributed by atoms with E-state index in [1.165, 1.54) is 0 Å². The number of rotatable bonds is 7. The topological polar surface area (TPSA) is 49.9 Å². The van der Waals surface area contributed by atoms with Crippen molar-refractivity contribution in [3.63, 3.8) is 0 Å². The zero-order valence-corrected chi connectivity index (χ0v) is 15.1. The van der Waals surface area contributed by atoms with Crippen LogP contribution in [0.25, 0.3) is 10.9 Å². The standard InChI is InChI=1S/C19H25NO2S/c1-13(2)9-10-18(23(4)22)19(21)14(3)11-15-12-20-17-8-6-5-7-16(15)17/h5-9,12,14,18,20H,10-11H2,1-4H3. The van der Waals surface area contributed by atoms with Crippen LogP contribution < -0.4 is 0 Å². The number of benzene rings is 1. The minimum absolute atomic E-state index is 0.0913. The van der Waals surface area contributed by atoms with Gasteiger partial charge in [-0.05, 0) is 38.3 Å². The van der Waals surface area contributed by atoms with Gasteiger partial charge in [0, 0.05) is 40.1 Å². The van der Waals surface area contributed by atoms with Gasteiger partial charge in [-0.2, -0.15) is 0 Å². The van der Waals surface area contributed by atoms with Crippen molar-refractivity contribution in [1.82, 2.24) is 4.98 Å². The first-order chi connectivity index (χ1) is 10.9. The molecule has 3 nitrogen and oxygen atoms in total. The summed E-state index contributed by atoms with van der Waals surface area (Å²) >= 11 is 0. The van der Waals surface area contributed by atoms with Gasteiger partial charge in [0.1, 0.15) is 0 Å². The lowest BCUT2D eigenvalue weighted by atomic mass is 9.94. The minimum atomic E-state index is -1.15. The largest absolute Gasteiger partial charge is 0.361 e. The van der Waals surface area contributed by atoms with Gasteiger partial charge in [-0.3, -0.25) is 9.00 Å². The number of aromatic nitrogens is 1. The molecule has 0 amide bonds. The van der Waals surface area contributed by atoms with Crippen molar-refractivity contribution in [2.45, 2.75) is 38.9 Å². The Morgan fingerprint density at radius 2 is 2.00 bits per heavy atom. The van der Waals surface area contributed by atoms with Crippen LogP contribution in [0.2, 0.25) is 0 Å². The summed E-state index contributed by atoms with van der Waals surface area (Å²) in [5.74, 6) is -0.0534. The second-order valence-electron chi connectivity index (χ2n) is 6.37. The number of Topliss-reactive ketones (excluding diaryl/α,β-unsaturated/α-hetero) is 1. The summed E-state index contributed by atoms with van der Waals surface area (Å²) in [4.78, 5) is 16.0. The summed E-state index contributed by atoms with van der Waals surface area (Å²) in [6, 6.07) is 8.10. The molecular weight excluding hydrogens is 306 g/mol. The predicted molar refractivity (Wildman–Crippen MR) is 98.1 cm³/mol. The van der Waals surface area contributed by atoms with E-state index in [0.717, 1.165) is 22.0 Å². The maximum Gasteiger partial charge on any atom is 0.151 e. The fourth-order valence-corrected chi connectivity index (χ4v) is 3.73. The van der Waals surface area contributed by atoms with Gasteiger partial charge in [0.15, 0.2) is 5.78 Å². The molecule has 2 aromatic rings. The number of carbonyl (C=O) groups excluding carboxylic acids is 1. The number of allylic oxidation sites excluding steroid dienone is 2. The molecule has 1 N–H and O–H groups in total. The molecule has 1 aromatic carbocycles. The Balaban J connectivity index is 2.14. The van der Waals surface area contributed by atoms with E-state index < -0.39 is 16.0 Å². The average molecular weight is 331 g/mol. The number of fused-ring (bicyclic) bond motifs is 1. The van der Waals surface area contributed by atoms with Crippen molar-refractivity contribution in [2.24, 2.45) is 5.92 Å². The fourth-order valence-electron chi connectivity index (χ4n) is 2.81. The molecule has 0 aliphatic heterocycles. The highest BCUT2D eigenvalue weighted by atomic mass is 32.2. The molecule has 0 spiro atoms. The maximum atomic E-state index is 12.7. The number of H-pyrrole nitrogens is 1. The zero-order valence-electron chi connectivity index (χ0n) is 14.3. The molecule has 0 saturated carbocycles. The van der Waals surface area contributed by atoms with E-state index in [1.54, 1.807) is 6.26 Å². The number of aromatic amines is 1. The summed E-state index contributed by atoms with van der Waals surface area (Å²) in [7, 11) is -1.15. The monoisotopic (exact) mass is 331 g/mol. The highest BCUT2D eigenvalue weighted by Crippen LogP contribution is 2.22. The smallest absolute Gasteiger partial charge is 0.151 e. The summed E-state index contributed by atoms with van der Waals surface area (Å²) in [5.41, 5.74) is 3.38. The SMILES string of the molecule is CC(C)=CCC(C(=O)C(C)Cc1c[nH]c2ccccc12)S(C)=O. The molecule has 0 saturated heterocycles. The Morgan fingerprint density at radius 1 is 1.30 bits per heavy atom. The highest BCUT2D eigenvalue weighted by molar-refractivity contribution is 7.85. The minimum Gasteiger partial charge on any atom is -0.361 e. The lowest BCUT2D eigenvalue weighted by Crippen LogP contribution is -2.31.